The Balaban J connectivity index is 3.23. The number of halogens is 6. The molecule has 18 heavy (non-hydrogen) atoms. The number of hydrogen-bond donors (Lipinski definition) is 2. The molecule has 0 aromatic heterocycles. The average Bonchev–Trinajstić information content (AvgIpc) is 2.26. The van der Waals surface area contributed by atoms with Crippen LogP contribution in [0.1, 0.15) is 17.2 Å². The Morgan fingerprint density at radius 1 is 1.11 bits per heavy atom. The highest BCUT2D eigenvalue weighted by molar-refractivity contribution is 5.30. The molecule has 3 N–H and O–H groups in total. The van der Waals surface area contributed by atoms with E-state index in [2.05, 4.69) is 0 Å². The van der Waals surface area contributed by atoms with E-state index in [0.29, 0.717) is 12.1 Å². The summed E-state index contributed by atoms with van der Waals surface area (Å²) in [7, 11) is 0. The van der Waals surface area contributed by atoms with Crippen LogP contribution in [0.25, 0.3) is 0 Å². The van der Waals surface area contributed by atoms with Gasteiger partial charge in [0.2, 0.25) is 0 Å². The molecule has 2 nitrogen and oxygen atoms in total. The summed E-state index contributed by atoms with van der Waals surface area (Å²) in [5, 5.41) is 8.38. The number of hydrogen-bond acceptors (Lipinski definition) is 2. The third-order valence-corrected chi connectivity index (χ3v) is 2.27. The summed E-state index contributed by atoms with van der Waals surface area (Å²) in [4.78, 5) is 0. The van der Waals surface area contributed by atoms with Crippen molar-refractivity contribution >= 4 is 0 Å². The predicted molar refractivity (Wildman–Crippen MR) is 50.4 cm³/mol. The predicted octanol–water partition coefficient (Wildman–Crippen LogP) is 2.47. The molecule has 1 aromatic rings. The summed E-state index contributed by atoms with van der Waals surface area (Å²) in [6, 6.07) is -1.24. The van der Waals surface area contributed by atoms with Crippen LogP contribution in [-0.4, -0.2) is 17.6 Å². The van der Waals surface area contributed by atoms with E-state index in [-0.39, 0.29) is 6.07 Å². The number of rotatable bonds is 3. The zero-order chi connectivity index (χ0) is 14.1. The number of benzene rings is 1. The van der Waals surface area contributed by atoms with Gasteiger partial charge in [-0.25, -0.2) is 13.2 Å². The first-order valence-electron chi connectivity index (χ1n) is 4.70. The fourth-order valence-corrected chi connectivity index (χ4v) is 1.30. The zero-order valence-electron chi connectivity index (χ0n) is 8.81. The zero-order valence-corrected chi connectivity index (χ0v) is 8.81. The van der Waals surface area contributed by atoms with E-state index in [1.807, 2.05) is 0 Å². The Kier molecular flexibility index (Phi) is 3.92. The van der Waals surface area contributed by atoms with Crippen LogP contribution in [0.3, 0.4) is 0 Å². The highest BCUT2D eigenvalue weighted by atomic mass is 19.4. The van der Waals surface area contributed by atoms with E-state index in [9.17, 15) is 26.3 Å². The summed E-state index contributed by atoms with van der Waals surface area (Å²) in [6.07, 6.45) is -4.87. The minimum Gasteiger partial charge on any atom is -0.390 e. The van der Waals surface area contributed by atoms with Gasteiger partial charge < -0.3 is 10.8 Å². The van der Waals surface area contributed by atoms with Gasteiger partial charge in [-0.15, -0.1) is 0 Å². The Bertz CT molecular complexity index is 431. The second-order valence-electron chi connectivity index (χ2n) is 3.67. The van der Waals surface area contributed by atoms with Crippen LogP contribution in [0, 0.1) is 5.82 Å². The third-order valence-electron chi connectivity index (χ3n) is 2.27. The standard InChI is InChI=1S/C10H9F6NO/c11-7-2-5(8(17)9(12,13)4-18)1-6(3-7)10(14,15)16/h1-3,8,18H,4,17H2/t8-/m0/s1. The number of aliphatic hydroxyl groups excluding tert-OH is 1. The second-order valence-corrected chi connectivity index (χ2v) is 3.67. The van der Waals surface area contributed by atoms with Crippen molar-refractivity contribution in [1.29, 1.82) is 0 Å². The van der Waals surface area contributed by atoms with Crippen LogP contribution in [0.2, 0.25) is 0 Å². The molecule has 0 amide bonds. The second kappa shape index (κ2) is 4.77. The van der Waals surface area contributed by atoms with E-state index in [1.54, 1.807) is 0 Å². The van der Waals surface area contributed by atoms with Gasteiger partial charge in [0.25, 0.3) is 5.92 Å². The molecule has 8 heteroatoms. The molecule has 0 bridgehead atoms. The Morgan fingerprint density at radius 3 is 2.11 bits per heavy atom. The number of alkyl halides is 5. The minimum absolute atomic E-state index is 0.174. The first-order chi connectivity index (χ1) is 8.08. The largest absolute Gasteiger partial charge is 0.416 e. The fraction of sp³-hybridized carbons (Fsp3) is 0.400. The molecule has 0 aliphatic heterocycles. The fourth-order valence-electron chi connectivity index (χ4n) is 1.30. The van der Waals surface area contributed by atoms with Gasteiger partial charge in [0.1, 0.15) is 12.4 Å². The van der Waals surface area contributed by atoms with E-state index < -0.39 is 41.7 Å². The summed E-state index contributed by atoms with van der Waals surface area (Å²) in [5.74, 6) is -5.17. The first-order valence-corrected chi connectivity index (χ1v) is 4.70. The van der Waals surface area contributed by atoms with Gasteiger partial charge in [0.15, 0.2) is 0 Å². The maximum Gasteiger partial charge on any atom is 0.416 e. The molecule has 102 valence electrons. The smallest absolute Gasteiger partial charge is 0.390 e. The quantitative estimate of drug-likeness (QED) is 0.831. The van der Waals surface area contributed by atoms with Gasteiger partial charge in [0.05, 0.1) is 11.6 Å². The third kappa shape index (κ3) is 3.14. The molecule has 1 rings (SSSR count). The maximum absolute atomic E-state index is 13.0. The molecule has 0 spiro atoms. The number of aliphatic hydroxyl groups is 1. The van der Waals surface area contributed by atoms with Crippen molar-refractivity contribution in [2.24, 2.45) is 5.73 Å². The van der Waals surface area contributed by atoms with Gasteiger partial charge in [0, 0.05) is 0 Å². The van der Waals surface area contributed by atoms with Crippen LogP contribution in [0.5, 0.6) is 0 Å². The average molecular weight is 273 g/mol. The van der Waals surface area contributed by atoms with Crippen molar-refractivity contribution in [2.75, 3.05) is 6.61 Å². The molecular formula is C10H9F6NO. The maximum atomic E-state index is 13.0. The highest BCUT2D eigenvalue weighted by Crippen LogP contribution is 2.34. The minimum atomic E-state index is -4.87. The van der Waals surface area contributed by atoms with Crippen molar-refractivity contribution < 1.29 is 31.4 Å². The Labute approximate surface area is 98.0 Å². The lowest BCUT2D eigenvalue weighted by atomic mass is 9.99. The molecule has 0 saturated carbocycles. The summed E-state index contributed by atoms with van der Waals surface area (Å²) in [6.45, 7) is -1.65. The van der Waals surface area contributed by atoms with Crippen LogP contribution < -0.4 is 5.73 Å². The van der Waals surface area contributed by atoms with Gasteiger partial charge in [-0.05, 0) is 23.8 Å². The Hall–Kier alpha value is -1.28. The van der Waals surface area contributed by atoms with Crippen LogP contribution >= 0.6 is 0 Å². The molecule has 0 saturated heterocycles. The van der Waals surface area contributed by atoms with Crippen molar-refractivity contribution in [3.8, 4) is 0 Å². The molecule has 0 aliphatic carbocycles. The Morgan fingerprint density at radius 2 is 1.67 bits per heavy atom. The lowest BCUT2D eigenvalue weighted by Crippen LogP contribution is -2.36. The van der Waals surface area contributed by atoms with Gasteiger partial charge in [-0.1, -0.05) is 0 Å². The summed E-state index contributed by atoms with van der Waals surface area (Å²) in [5.41, 5.74) is 2.87. The normalized spacial score (nSPS) is 14.7. The van der Waals surface area contributed by atoms with Gasteiger partial charge in [-0.2, -0.15) is 13.2 Å². The van der Waals surface area contributed by atoms with E-state index >= 15 is 0 Å². The van der Waals surface area contributed by atoms with E-state index in [0.717, 1.165) is 0 Å². The first kappa shape index (κ1) is 14.8. The molecule has 0 radical (unpaired) electrons. The van der Waals surface area contributed by atoms with Crippen molar-refractivity contribution in [1.82, 2.24) is 0 Å². The molecular weight excluding hydrogens is 264 g/mol. The van der Waals surface area contributed by atoms with Crippen LogP contribution in [-0.2, 0) is 6.18 Å². The SMILES string of the molecule is N[C@@H](c1cc(F)cc(C(F)(F)F)c1)C(F)(F)CO. The van der Waals surface area contributed by atoms with E-state index in [1.165, 1.54) is 0 Å². The van der Waals surface area contributed by atoms with Crippen molar-refractivity contribution in [3.05, 3.63) is 35.1 Å². The molecule has 0 fully saturated rings. The lowest BCUT2D eigenvalue weighted by Gasteiger charge is -2.22. The molecule has 0 aliphatic rings. The topological polar surface area (TPSA) is 46.2 Å². The lowest BCUT2D eigenvalue weighted by molar-refractivity contribution is -0.138. The van der Waals surface area contributed by atoms with Crippen LogP contribution in [0.15, 0.2) is 18.2 Å². The monoisotopic (exact) mass is 273 g/mol. The highest BCUT2D eigenvalue weighted by Gasteiger charge is 2.39. The van der Waals surface area contributed by atoms with Crippen molar-refractivity contribution in [2.45, 2.75) is 18.1 Å². The van der Waals surface area contributed by atoms with E-state index in [4.69, 9.17) is 10.8 Å². The van der Waals surface area contributed by atoms with Crippen LogP contribution in [0.4, 0.5) is 26.3 Å². The molecule has 1 aromatic carbocycles. The molecule has 0 unspecified atom stereocenters. The molecule has 1 atom stereocenters. The van der Waals surface area contributed by atoms with Crippen molar-refractivity contribution in [3.63, 3.8) is 0 Å². The van der Waals surface area contributed by atoms with Gasteiger partial charge in [-0.3, -0.25) is 0 Å². The van der Waals surface area contributed by atoms with Gasteiger partial charge >= 0.3 is 6.18 Å². The summed E-state index contributed by atoms with van der Waals surface area (Å²) >= 11 is 0. The molecule has 0 heterocycles. The number of nitrogens with two attached hydrogens (primary N) is 1. The summed E-state index contributed by atoms with van der Waals surface area (Å²) < 4.78 is 76.0.